The molecule has 0 N–H and O–H groups in total. The van der Waals surface area contributed by atoms with Gasteiger partial charge in [-0.05, 0) is 36.4 Å². The molecule has 0 fully saturated rings. The van der Waals surface area contributed by atoms with Crippen LogP contribution in [-0.4, -0.2) is 23.2 Å². The van der Waals surface area contributed by atoms with Crippen LogP contribution in [0.1, 0.15) is 0 Å². The van der Waals surface area contributed by atoms with Gasteiger partial charge in [0.2, 0.25) is 11.6 Å². The lowest BCUT2D eigenvalue weighted by atomic mass is 10.1. The summed E-state index contributed by atoms with van der Waals surface area (Å²) in [4.78, 5) is 10.0. The molecule has 6 nitrogen and oxygen atoms in total. The Morgan fingerprint density at radius 1 is 0.531 bits per heavy atom. The Balaban J connectivity index is 1.56. The lowest BCUT2D eigenvalue weighted by molar-refractivity contribution is 0.669. The second-order valence-corrected chi connectivity index (χ2v) is 8.40. The summed E-state index contributed by atoms with van der Waals surface area (Å²) < 4.78 is 12.8. The van der Waals surface area contributed by atoms with Crippen molar-refractivity contribution in [3.63, 3.8) is 0 Å². The van der Waals surface area contributed by atoms with Gasteiger partial charge in [-0.1, -0.05) is 36.4 Å². The summed E-state index contributed by atoms with van der Waals surface area (Å²) in [6.45, 7) is 0. The molecule has 9 aromatic rings. The molecule has 0 atom stereocenters. The summed E-state index contributed by atoms with van der Waals surface area (Å²) in [6, 6.07) is 27.1. The Morgan fingerprint density at radius 3 is 2.16 bits per heavy atom. The van der Waals surface area contributed by atoms with Gasteiger partial charge in [-0.3, -0.25) is 8.80 Å². The maximum absolute atomic E-state index is 6.11. The maximum atomic E-state index is 6.11. The average molecular weight is 411 g/mol. The van der Waals surface area contributed by atoms with E-state index < -0.39 is 0 Å². The van der Waals surface area contributed by atoms with Crippen LogP contribution in [0.5, 0.6) is 0 Å². The zero-order valence-corrected chi connectivity index (χ0v) is 16.6. The molecule has 0 bridgehead atoms. The second kappa shape index (κ2) is 4.84. The molecule has 32 heavy (non-hydrogen) atoms. The average Bonchev–Trinajstić information content (AvgIpc) is 3.58. The minimum absolute atomic E-state index is 0.859. The molecular weight excluding hydrogens is 398 g/mol. The molecule has 0 amide bonds. The third-order valence-corrected chi connectivity index (χ3v) is 6.78. The summed E-state index contributed by atoms with van der Waals surface area (Å²) in [5.74, 6) is 1.75. The highest BCUT2D eigenvalue weighted by Gasteiger charge is 2.23. The van der Waals surface area contributed by atoms with E-state index in [-0.39, 0.29) is 0 Å². The van der Waals surface area contributed by atoms with Crippen LogP contribution in [0.2, 0.25) is 0 Å². The van der Waals surface area contributed by atoms with Crippen molar-refractivity contribution in [2.24, 2.45) is 0 Å². The lowest BCUT2D eigenvalue weighted by Crippen LogP contribution is -1.87. The number of benzene rings is 4. The smallest absolute Gasteiger partial charge is 0.223 e. The van der Waals surface area contributed by atoms with Crippen molar-refractivity contribution < 1.29 is 4.42 Å². The van der Waals surface area contributed by atoms with E-state index in [1.807, 2.05) is 18.2 Å². The Bertz CT molecular complexity index is 2200. The van der Waals surface area contributed by atoms with E-state index >= 15 is 0 Å². The summed E-state index contributed by atoms with van der Waals surface area (Å²) >= 11 is 0. The first-order valence-electron chi connectivity index (χ1n) is 10.6. The molecule has 0 spiro atoms. The molecule has 5 heterocycles. The summed E-state index contributed by atoms with van der Waals surface area (Å²) in [6.07, 6.45) is 0. The van der Waals surface area contributed by atoms with Gasteiger partial charge < -0.3 is 4.42 Å². The first-order chi connectivity index (χ1) is 15.9. The van der Waals surface area contributed by atoms with E-state index in [4.69, 9.17) is 14.4 Å². The molecular formula is C26H13N5O. The lowest BCUT2D eigenvalue weighted by Gasteiger charge is -1.97. The van der Waals surface area contributed by atoms with E-state index in [2.05, 4.69) is 73.9 Å². The van der Waals surface area contributed by atoms with Crippen LogP contribution in [0.4, 0.5) is 0 Å². The van der Waals surface area contributed by atoms with E-state index in [0.717, 1.165) is 72.1 Å². The van der Waals surface area contributed by atoms with E-state index in [1.54, 1.807) is 0 Å². The highest BCUT2D eigenvalue weighted by molar-refractivity contribution is 6.11. The number of hydrogen-bond acceptors (Lipinski definition) is 3. The Labute approximate surface area is 178 Å². The van der Waals surface area contributed by atoms with Crippen LogP contribution in [0.15, 0.2) is 83.3 Å². The molecule has 0 saturated heterocycles. The van der Waals surface area contributed by atoms with Gasteiger partial charge in [0.15, 0.2) is 0 Å². The van der Waals surface area contributed by atoms with Crippen molar-refractivity contribution in [1.29, 1.82) is 0 Å². The molecule has 148 valence electrons. The van der Waals surface area contributed by atoms with E-state index in [9.17, 15) is 0 Å². The fourth-order valence-corrected chi connectivity index (χ4v) is 5.47. The van der Waals surface area contributed by atoms with Crippen molar-refractivity contribution in [3.05, 3.63) is 78.9 Å². The second-order valence-electron chi connectivity index (χ2n) is 8.40. The number of nitrogens with zero attached hydrogens (tertiary/aromatic N) is 5. The first-order valence-corrected chi connectivity index (χ1v) is 10.6. The number of furan rings is 1. The van der Waals surface area contributed by atoms with Gasteiger partial charge in [0.25, 0.3) is 0 Å². The third-order valence-electron chi connectivity index (χ3n) is 6.78. The van der Waals surface area contributed by atoms with Crippen molar-refractivity contribution in [2.45, 2.75) is 0 Å². The number of imidazole rings is 4. The number of para-hydroxylation sites is 4. The Morgan fingerprint density at radius 2 is 1.25 bits per heavy atom. The van der Waals surface area contributed by atoms with Crippen molar-refractivity contribution in [1.82, 2.24) is 23.2 Å². The monoisotopic (exact) mass is 411 g/mol. The SMILES string of the molecule is c1ccc2c(c1)nc1n2c2cccc3c2n1c1nc2cc4oc5ccccc5c4cc2n31. The quantitative estimate of drug-likeness (QED) is 0.306. The molecule has 6 heteroatoms. The molecule has 0 radical (unpaired) electrons. The van der Waals surface area contributed by atoms with Crippen molar-refractivity contribution in [3.8, 4) is 0 Å². The number of fused-ring (bicyclic) bond motifs is 13. The minimum atomic E-state index is 0.859. The Hall–Kier alpha value is -4.58. The molecule has 9 rings (SSSR count). The summed E-state index contributed by atoms with van der Waals surface area (Å²) in [5.41, 5.74) is 9.24. The van der Waals surface area contributed by atoms with Crippen LogP contribution in [0.25, 0.3) is 72.1 Å². The van der Waals surface area contributed by atoms with Crippen LogP contribution in [-0.2, 0) is 0 Å². The maximum Gasteiger partial charge on any atom is 0.223 e. The topological polar surface area (TPSA) is 52.2 Å². The van der Waals surface area contributed by atoms with Gasteiger partial charge in [-0.15, -0.1) is 0 Å². The Kier molecular flexibility index (Phi) is 2.31. The third kappa shape index (κ3) is 1.53. The molecule has 5 aromatic heterocycles. The molecule has 0 unspecified atom stereocenters. The number of rotatable bonds is 0. The highest BCUT2D eigenvalue weighted by atomic mass is 16.3. The number of aromatic nitrogens is 5. The molecule has 0 saturated carbocycles. The van der Waals surface area contributed by atoms with Gasteiger partial charge in [0, 0.05) is 16.8 Å². The predicted molar refractivity (Wildman–Crippen MR) is 126 cm³/mol. The summed E-state index contributed by atoms with van der Waals surface area (Å²) in [5, 5.41) is 2.23. The summed E-state index contributed by atoms with van der Waals surface area (Å²) in [7, 11) is 0. The zero-order chi connectivity index (χ0) is 20.6. The standard InChI is InChI=1S/C26H13N5O/c1-4-11-22-14(6-1)15-12-21-17(13-23(15)32-22)28-26-30(21)20-10-5-9-19-24(20)31(26)25-27-16-7-2-3-8-18(16)29(19)25/h1-13H. The van der Waals surface area contributed by atoms with Gasteiger partial charge in [-0.25, -0.2) is 14.4 Å². The van der Waals surface area contributed by atoms with Crippen molar-refractivity contribution >= 4 is 72.1 Å². The molecule has 4 aromatic carbocycles. The van der Waals surface area contributed by atoms with Crippen LogP contribution >= 0.6 is 0 Å². The first kappa shape index (κ1) is 15.3. The highest BCUT2D eigenvalue weighted by Crippen LogP contribution is 2.37. The number of hydrogen-bond donors (Lipinski definition) is 0. The van der Waals surface area contributed by atoms with Crippen LogP contribution in [0, 0.1) is 0 Å². The predicted octanol–water partition coefficient (Wildman–Crippen LogP) is 6.03. The molecule has 0 aliphatic rings. The largest absolute Gasteiger partial charge is 0.456 e. The van der Waals surface area contributed by atoms with Gasteiger partial charge >= 0.3 is 0 Å². The normalized spacial score (nSPS) is 13.0. The van der Waals surface area contributed by atoms with E-state index in [0.29, 0.717) is 0 Å². The van der Waals surface area contributed by atoms with Crippen LogP contribution in [0.3, 0.4) is 0 Å². The van der Waals surface area contributed by atoms with E-state index in [1.165, 1.54) is 0 Å². The fourth-order valence-electron chi connectivity index (χ4n) is 5.47. The fraction of sp³-hybridized carbons (Fsp3) is 0. The van der Waals surface area contributed by atoms with Crippen LogP contribution < -0.4 is 0 Å². The van der Waals surface area contributed by atoms with Crippen molar-refractivity contribution in [2.75, 3.05) is 0 Å². The van der Waals surface area contributed by atoms with Gasteiger partial charge in [0.1, 0.15) is 16.7 Å². The zero-order valence-electron chi connectivity index (χ0n) is 16.6. The minimum Gasteiger partial charge on any atom is -0.456 e. The molecule has 0 aliphatic heterocycles. The molecule has 0 aliphatic carbocycles. The van der Waals surface area contributed by atoms with Gasteiger partial charge in [-0.2, -0.15) is 0 Å². The van der Waals surface area contributed by atoms with Gasteiger partial charge in [0.05, 0.1) is 33.1 Å².